The van der Waals surface area contributed by atoms with Gasteiger partial charge >= 0.3 is 0 Å². The van der Waals surface area contributed by atoms with E-state index in [1.54, 1.807) is 11.3 Å². The summed E-state index contributed by atoms with van der Waals surface area (Å²) in [6.07, 6.45) is 5.34. The number of oxazole rings is 1. The van der Waals surface area contributed by atoms with Crippen LogP contribution in [0.3, 0.4) is 0 Å². The van der Waals surface area contributed by atoms with Crippen LogP contribution in [0.4, 0.5) is 0 Å². The minimum absolute atomic E-state index is 0.743. The summed E-state index contributed by atoms with van der Waals surface area (Å²) in [6.45, 7) is 0.955. The Hall–Kier alpha value is -1.65. The topological polar surface area (TPSA) is 38.1 Å². The van der Waals surface area contributed by atoms with E-state index in [1.165, 1.54) is 22.9 Å². The van der Waals surface area contributed by atoms with Crippen molar-refractivity contribution < 1.29 is 4.42 Å². The molecule has 0 atom stereocenters. The highest BCUT2D eigenvalue weighted by Gasteiger charge is 2.20. The maximum Gasteiger partial charge on any atom is 0.196 e. The molecular formula is C16H16N2OS. The van der Waals surface area contributed by atoms with Crippen LogP contribution in [-0.4, -0.2) is 17.6 Å². The van der Waals surface area contributed by atoms with Crippen LogP contribution in [0.25, 0.3) is 20.7 Å². The van der Waals surface area contributed by atoms with Crippen molar-refractivity contribution in [2.45, 2.75) is 25.3 Å². The lowest BCUT2D eigenvalue weighted by atomic mass is 10.2. The zero-order valence-electron chi connectivity index (χ0n) is 11.1. The lowest BCUT2D eigenvalue weighted by Gasteiger charge is -1.98. The van der Waals surface area contributed by atoms with Crippen LogP contribution in [0.2, 0.25) is 0 Å². The molecule has 0 saturated heterocycles. The van der Waals surface area contributed by atoms with Crippen molar-refractivity contribution >= 4 is 21.4 Å². The van der Waals surface area contributed by atoms with Gasteiger partial charge in [-0.3, -0.25) is 0 Å². The molecule has 2 aromatic heterocycles. The van der Waals surface area contributed by atoms with E-state index in [2.05, 4.69) is 40.6 Å². The quantitative estimate of drug-likeness (QED) is 0.773. The molecule has 3 aromatic rings. The Balaban J connectivity index is 1.51. The summed E-state index contributed by atoms with van der Waals surface area (Å²) in [5.74, 6) is 1.71. The minimum atomic E-state index is 0.743. The van der Waals surface area contributed by atoms with Crippen LogP contribution < -0.4 is 5.32 Å². The number of hydrogen-bond donors (Lipinski definition) is 1. The van der Waals surface area contributed by atoms with Crippen molar-refractivity contribution in [2.75, 3.05) is 6.54 Å². The molecule has 4 rings (SSSR count). The molecule has 1 aliphatic carbocycles. The van der Waals surface area contributed by atoms with Crippen molar-refractivity contribution in [1.82, 2.24) is 10.3 Å². The highest BCUT2D eigenvalue weighted by Crippen LogP contribution is 2.33. The van der Waals surface area contributed by atoms with E-state index in [1.807, 2.05) is 6.20 Å². The Labute approximate surface area is 121 Å². The second kappa shape index (κ2) is 5.04. The van der Waals surface area contributed by atoms with Gasteiger partial charge in [0.2, 0.25) is 0 Å². The van der Waals surface area contributed by atoms with Gasteiger partial charge in [-0.05, 0) is 30.4 Å². The Morgan fingerprint density at radius 2 is 2.20 bits per heavy atom. The maximum atomic E-state index is 5.86. The molecule has 0 spiro atoms. The third-order valence-corrected chi connectivity index (χ3v) is 4.70. The fraction of sp³-hybridized carbons (Fsp3) is 0.312. The third-order valence-electron chi connectivity index (χ3n) is 3.57. The summed E-state index contributed by atoms with van der Waals surface area (Å²) >= 11 is 1.75. The summed E-state index contributed by atoms with van der Waals surface area (Å²) in [6, 6.07) is 11.3. The molecule has 20 heavy (non-hydrogen) atoms. The lowest BCUT2D eigenvalue weighted by Crippen LogP contribution is -2.19. The Kier molecular flexibility index (Phi) is 3.05. The summed E-state index contributed by atoms with van der Waals surface area (Å²) in [4.78, 5) is 5.53. The minimum Gasteiger partial charge on any atom is -0.440 e. The number of thiophene rings is 1. The molecule has 1 aliphatic rings. The SMILES string of the molecule is c1ccc2sc(-c3cnc(CCNC4CC4)o3)cc2c1. The Bertz CT molecular complexity index is 694. The van der Waals surface area contributed by atoms with Crippen LogP contribution in [-0.2, 0) is 6.42 Å². The Morgan fingerprint density at radius 1 is 1.30 bits per heavy atom. The van der Waals surface area contributed by atoms with Gasteiger partial charge in [-0.1, -0.05) is 18.2 Å². The second-order valence-corrected chi connectivity index (χ2v) is 6.33. The number of rotatable bonds is 5. The molecular weight excluding hydrogens is 268 g/mol. The van der Waals surface area contributed by atoms with Crippen LogP contribution in [0.1, 0.15) is 18.7 Å². The normalized spacial score (nSPS) is 15.0. The molecule has 0 amide bonds. The maximum absolute atomic E-state index is 5.86. The van der Waals surface area contributed by atoms with E-state index in [-0.39, 0.29) is 0 Å². The number of nitrogens with zero attached hydrogens (tertiary/aromatic N) is 1. The number of nitrogens with one attached hydrogen (secondary N) is 1. The first-order valence-electron chi connectivity index (χ1n) is 7.05. The van der Waals surface area contributed by atoms with Gasteiger partial charge < -0.3 is 9.73 Å². The average molecular weight is 284 g/mol. The van der Waals surface area contributed by atoms with E-state index < -0.39 is 0 Å². The number of hydrogen-bond acceptors (Lipinski definition) is 4. The second-order valence-electron chi connectivity index (χ2n) is 5.25. The van der Waals surface area contributed by atoms with Crippen LogP contribution >= 0.6 is 11.3 Å². The molecule has 1 saturated carbocycles. The number of benzene rings is 1. The van der Waals surface area contributed by atoms with Crippen molar-refractivity contribution in [3.63, 3.8) is 0 Å². The predicted octanol–water partition coefficient (Wildman–Crippen LogP) is 3.85. The molecule has 3 nitrogen and oxygen atoms in total. The van der Waals surface area contributed by atoms with Crippen molar-refractivity contribution in [3.05, 3.63) is 42.4 Å². The molecule has 4 heteroatoms. The van der Waals surface area contributed by atoms with E-state index in [4.69, 9.17) is 4.42 Å². The van der Waals surface area contributed by atoms with Gasteiger partial charge in [-0.25, -0.2) is 4.98 Å². The van der Waals surface area contributed by atoms with Crippen LogP contribution in [0.15, 0.2) is 40.9 Å². The molecule has 102 valence electrons. The monoisotopic (exact) mass is 284 g/mol. The van der Waals surface area contributed by atoms with E-state index in [0.717, 1.165) is 35.5 Å². The molecule has 1 aromatic carbocycles. The zero-order valence-corrected chi connectivity index (χ0v) is 12.0. The van der Waals surface area contributed by atoms with Crippen LogP contribution in [0.5, 0.6) is 0 Å². The van der Waals surface area contributed by atoms with E-state index in [0.29, 0.717) is 0 Å². The molecule has 0 unspecified atom stereocenters. The largest absolute Gasteiger partial charge is 0.440 e. The fourth-order valence-electron chi connectivity index (χ4n) is 2.31. The Morgan fingerprint density at radius 3 is 3.05 bits per heavy atom. The van der Waals surface area contributed by atoms with Crippen molar-refractivity contribution in [1.29, 1.82) is 0 Å². The predicted molar refractivity (Wildman–Crippen MR) is 82.1 cm³/mol. The molecule has 0 aliphatic heterocycles. The first kappa shape index (κ1) is 12.1. The van der Waals surface area contributed by atoms with Gasteiger partial charge in [0.15, 0.2) is 11.7 Å². The van der Waals surface area contributed by atoms with Gasteiger partial charge in [-0.15, -0.1) is 11.3 Å². The number of aromatic nitrogens is 1. The van der Waals surface area contributed by atoms with E-state index in [9.17, 15) is 0 Å². The standard InChI is InChI=1S/C16H16N2OS/c1-2-4-14-11(3-1)9-15(20-14)13-10-18-16(19-13)7-8-17-12-5-6-12/h1-4,9-10,12,17H,5-8H2. The molecule has 1 N–H and O–H groups in total. The summed E-state index contributed by atoms with van der Waals surface area (Å²) in [5, 5.41) is 4.74. The van der Waals surface area contributed by atoms with Gasteiger partial charge in [0.05, 0.1) is 11.1 Å². The summed E-state index contributed by atoms with van der Waals surface area (Å²) in [7, 11) is 0. The average Bonchev–Trinajstić information content (AvgIpc) is 3.01. The molecule has 1 fully saturated rings. The molecule has 0 bridgehead atoms. The lowest BCUT2D eigenvalue weighted by molar-refractivity contribution is 0.495. The van der Waals surface area contributed by atoms with Gasteiger partial charge in [0.25, 0.3) is 0 Å². The zero-order chi connectivity index (χ0) is 13.4. The highest BCUT2D eigenvalue weighted by molar-refractivity contribution is 7.22. The van der Waals surface area contributed by atoms with Crippen molar-refractivity contribution in [3.8, 4) is 10.6 Å². The van der Waals surface area contributed by atoms with Gasteiger partial charge in [-0.2, -0.15) is 0 Å². The molecule has 0 radical (unpaired) electrons. The first-order chi connectivity index (χ1) is 9.88. The first-order valence-corrected chi connectivity index (χ1v) is 7.87. The summed E-state index contributed by atoms with van der Waals surface area (Å²) in [5.41, 5.74) is 0. The van der Waals surface area contributed by atoms with Gasteiger partial charge in [0.1, 0.15) is 0 Å². The fourth-order valence-corrected chi connectivity index (χ4v) is 3.32. The van der Waals surface area contributed by atoms with Gasteiger partial charge in [0, 0.05) is 23.7 Å². The third kappa shape index (κ3) is 2.49. The summed E-state index contributed by atoms with van der Waals surface area (Å²) < 4.78 is 7.15. The van der Waals surface area contributed by atoms with Crippen LogP contribution in [0, 0.1) is 0 Å². The molecule has 2 heterocycles. The smallest absolute Gasteiger partial charge is 0.196 e. The van der Waals surface area contributed by atoms with E-state index >= 15 is 0 Å². The van der Waals surface area contributed by atoms with Crippen molar-refractivity contribution in [2.24, 2.45) is 0 Å². The number of fused-ring (bicyclic) bond motifs is 1. The highest BCUT2D eigenvalue weighted by atomic mass is 32.1.